The van der Waals surface area contributed by atoms with E-state index in [1.165, 1.54) is 6.42 Å². The molecule has 1 unspecified atom stereocenters. The fraction of sp³-hybridized carbons (Fsp3) is 0.714. The summed E-state index contributed by atoms with van der Waals surface area (Å²) in [7, 11) is 0. The number of ether oxygens (including phenoxy) is 1. The number of aromatic nitrogens is 2. The molecular weight excluding hydrogens is 240 g/mol. The van der Waals surface area contributed by atoms with Crippen molar-refractivity contribution in [2.24, 2.45) is 5.92 Å². The Morgan fingerprint density at radius 2 is 2.11 bits per heavy atom. The molecule has 19 heavy (non-hydrogen) atoms. The smallest absolute Gasteiger partial charge is 0.148 e. The molecule has 2 aliphatic rings. The summed E-state index contributed by atoms with van der Waals surface area (Å²) in [5, 5.41) is 15.4. The zero-order chi connectivity index (χ0) is 12.9. The van der Waals surface area contributed by atoms with Crippen LogP contribution in [-0.4, -0.2) is 43.0 Å². The van der Waals surface area contributed by atoms with Crippen molar-refractivity contribution in [3.8, 4) is 0 Å². The standard InChI is InChI=1S/C14H22N4O/c1-2-14(16-10-11-3-6-15-9-11)18-17-13(1)12-4-7-19-8-5-12/h1-2,11-12,15H,3-10H2,(H,16,18). The van der Waals surface area contributed by atoms with Crippen LogP contribution in [-0.2, 0) is 4.74 Å². The molecule has 2 saturated heterocycles. The van der Waals surface area contributed by atoms with E-state index in [4.69, 9.17) is 4.74 Å². The molecular formula is C14H22N4O. The molecule has 104 valence electrons. The summed E-state index contributed by atoms with van der Waals surface area (Å²) in [6.45, 7) is 4.93. The minimum absolute atomic E-state index is 0.523. The second kappa shape index (κ2) is 6.30. The second-order valence-corrected chi connectivity index (χ2v) is 5.47. The summed E-state index contributed by atoms with van der Waals surface area (Å²) in [4.78, 5) is 0. The summed E-state index contributed by atoms with van der Waals surface area (Å²) in [6.07, 6.45) is 3.38. The molecule has 5 heteroatoms. The van der Waals surface area contributed by atoms with Gasteiger partial charge in [0, 0.05) is 25.7 Å². The van der Waals surface area contributed by atoms with Crippen molar-refractivity contribution < 1.29 is 4.74 Å². The number of nitrogens with one attached hydrogen (secondary N) is 2. The second-order valence-electron chi connectivity index (χ2n) is 5.47. The Kier molecular flexibility index (Phi) is 4.25. The van der Waals surface area contributed by atoms with Gasteiger partial charge in [0.05, 0.1) is 5.69 Å². The summed E-state index contributed by atoms with van der Waals surface area (Å²) < 4.78 is 5.37. The monoisotopic (exact) mass is 262 g/mol. The first-order valence-electron chi connectivity index (χ1n) is 7.28. The highest BCUT2D eigenvalue weighted by Crippen LogP contribution is 2.25. The van der Waals surface area contributed by atoms with Crippen LogP contribution in [0.3, 0.4) is 0 Å². The third-order valence-electron chi connectivity index (χ3n) is 4.06. The largest absolute Gasteiger partial charge is 0.381 e. The lowest BCUT2D eigenvalue weighted by Gasteiger charge is -2.21. The summed E-state index contributed by atoms with van der Waals surface area (Å²) >= 11 is 0. The van der Waals surface area contributed by atoms with Gasteiger partial charge >= 0.3 is 0 Å². The molecule has 1 atom stereocenters. The topological polar surface area (TPSA) is 59.1 Å². The van der Waals surface area contributed by atoms with Crippen LogP contribution in [0.15, 0.2) is 12.1 Å². The molecule has 3 rings (SSSR count). The lowest BCUT2D eigenvalue weighted by molar-refractivity contribution is 0.0843. The Bertz CT molecular complexity index is 383. The first kappa shape index (κ1) is 12.8. The van der Waals surface area contributed by atoms with Gasteiger partial charge in [0.2, 0.25) is 0 Å². The minimum Gasteiger partial charge on any atom is -0.381 e. The summed E-state index contributed by atoms with van der Waals surface area (Å²) in [5.41, 5.74) is 1.11. The number of hydrogen-bond donors (Lipinski definition) is 2. The van der Waals surface area contributed by atoms with Crippen LogP contribution in [0.4, 0.5) is 5.82 Å². The average Bonchev–Trinajstić information content (AvgIpc) is 3.00. The van der Waals surface area contributed by atoms with E-state index >= 15 is 0 Å². The predicted octanol–water partition coefficient (Wildman–Crippen LogP) is 1.39. The first-order chi connectivity index (χ1) is 9.42. The Balaban J connectivity index is 1.52. The SMILES string of the molecule is c1cc(C2CCOCC2)nnc1NCC1CCNC1. The van der Waals surface area contributed by atoms with E-state index in [1.807, 2.05) is 0 Å². The quantitative estimate of drug-likeness (QED) is 0.859. The molecule has 0 aromatic carbocycles. The highest BCUT2D eigenvalue weighted by molar-refractivity contribution is 5.33. The predicted molar refractivity (Wildman–Crippen MR) is 74.3 cm³/mol. The van der Waals surface area contributed by atoms with E-state index in [-0.39, 0.29) is 0 Å². The van der Waals surface area contributed by atoms with Crippen molar-refractivity contribution in [3.63, 3.8) is 0 Å². The molecule has 0 aliphatic carbocycles. The number of nitrogens with zero attached hydrogens (tertiary/aromatic N) is 2. The van der Waals surface area contributed by atoms with E-state index < -0.39 is 0 Å². The fourth-order valence-electron chi connectivity index (χ4n) is 2.79. The normalized spacial score (nSPS) is 24.5. The van der Waals surface area contributed by atoms with Crippen LogP contribution in [0.5, 0.6) is 0 Å². The molecule has 5 nitrogen and oxygen atoms in total. The first-order valence-corrected chi connectivity index (χ1v) is 7.28. The summed E-state index contributed by atoms with van der Waals surface area (Å²) in [5.74, 6) is 2.13. The lowest BCUT2D eigenvalue weighted by atomic mass is 9.96. The van der Waals surface area contributed by atoms with Crippen LogP contribution >= 0.6 is 0 Å². The van der Waals surface area contributed by atoms with Crippen molar-refractivity contribution in [2.45, 2.75) is 25.2 Å². The van der Waals surface area contributed by atoms with Gasteiger partial charge in [0.1, 0.15) is 5.82 Å². The molecule has 0 bridgehead atoms. The van der Waals surface area contributed by atoms with Crippen LogP contribution in [0.25, 0.3) is 0 Å². The molecule has 2 aliphatic heterocycles. The highest BCUT2D eigenvalue weighted by atomic mass is 16.5. The highest BCUT2D eigenvalue weighted by Gasteiger charge is 2.18. The maximum atomic E-state index is 5.37. The molecule has 1 aromatic heterocycles. The van der Waals surface area contributed by atoms with E-state index in [0.29, 0.717) is 5.92 Å². The Morgan fingerprint density at radius 1 is 1.21 bits per heavy atom. The van der Waals surface area contributed by atoms with Gasteiger partial charge in [-0.25, -0.2) is 0 Å². The maximum Gasteiger partial charge on any atom is 0.148 e. The van der Waals surface area contributed by atoms with E-state index in [2.05, 4.69) is 33.0 Å². The Hall–Kier alpha value is -1.20. The number of rotatable bonds is 4. The molecule has 1 aromatic rings. The van der Waals surface area contributed by atoms with Gasteiger partial charge in [0.25, 0.3) is 0 Å². The van der Waals surface area contributed by atoms with Crippen LogP contribution in [0.1, 0.15) is 30.9 Å². The van der Waals surface area contributed by atoms with Gasteiger partial charge in [0.15, 0.2) is 0 Å². The van der Waals surface area contributed by atoms with Gasteiger partial charge in [-0.1, -0.05) is 0 Å². The van der Waals surface area contributed by atoms with Gasteiger partial charge in [-0.2, -0.15) is 5.10 Å². The molecule has 2 fully saturated rings. The Morgan fingerprint density at radius 3 is 2.79 bits per heavy atom. The molecule has 0 radical (unpaired) electrons. The van der Waals surface area contributed by atoms with Gasteiger partial charge in [-0.05, 0) is 50.4 Å². The van der Waals surface area contributed by atoms with Crippen molar-refractivity contribution in [3.05, 3.63) is 17.8 Å². The maximum absolute atomic E-state index is 5.37. The van der Waals surface area contributed by atoms with E-state index in [9.17, 15) is 0 Å². The molecule has 0 saturated carbocycles. The van der Waals surface area contributed by atoms with Crippen LogP contribution in [0, 0.1) is 5.92 Å². The van der Waals surface area contributed by atoms with Gasteiger partial charge in [-0.15, -0.1) is 5.10 Å². The minimum atomic E-state index is 0.523. The van der Waals surface area contributed by atoms with Crippen molar-refractivity contribution >= 4 is 5.82 Å². The fourth-order valence-corrected chi connectivity index (χ4v) is 2.79. The van der Waals surface area contributed by atoms with Crippen molar-refractivity contribution in [1.82, 2.24) is 15.5 Å². The molecule has 0 spiro atoms. The molecule has 3 heterocycles. The molecule has 2 N–H and O–H groups in total. The van der Waals surface area contributed by atoms with E-state index in [0.717, 1.165) is 63.1 Å². The van der Waals surface area contributed by atoms with Crippen LogP contribution in [0.2, 0.25) is 0 Å². The van der Waals surface area contributed by atoms with Gasteiger partial charge in [-0.3, -0.25) is 0 Å². The lowest BCUT2D eigenvalue weighted by Crippen LogP contribution is -2.18. The Labute approximate surface area is 114 Å². The number of anilines is 1. The van der Waals surface area contributed by atoms with Gasteiger partial charge < -0.3 is 15.4 Å². The van der Waals surface area contributed by atoms with Crippen molar-refractivity contribution in [1.29, 1.82) is 0 Å². The molecule has 0 amide bonds. The zero-order valence-electron chi connectivity index (χ0n) is 11.3. The average molecular weight is 262 g/mol. The van der Waals surface area contributed by atoms with Crippen LogP contribution < -0.4 is 10.6 Å². The zero-order valence-corrected chi connectivity index (χ0v) is 11.3. The van der Waals surface area contributed by atoms with E-state index in [1.54, 1.807) is 0 Å². The summed E-state index contributed by atoms with van der Waals surface area (Å²) in [6, 6.07) is 4.17. The number of hydrogen-bond acceptors (Lipinski definition) is 5. The third kappa shape index (κ3) is 3.42. The van der Waals surface area contributed by atoms with Crippen molar-refractivity contribution in [2.75, 3.05) is 38.2 Å². The third-order valence-corrected chi connectivity index (χ3v) is 4.06.